The number of anilines is 3. The van der Waals surface area contributed by atoms with E-state index in [-0.39, 0.29) is 5.88 Å². The van der Waals surface area contributed by atoms with Crippen LogP contribution < -0.4 is 15.8 Å². The quantitative estimate of drug-likeness (QED) is 0.441. The predicted molar refractivity (Wildman–Crippen MR) is 115 cm³/mol. The lowest BCUT2D eigenvalue weighted by atomic mass is 10.1. The first-order valence-electron chi connectivity index (χ1n) is 9.16. The molecule has 3 aromatic carbocycles. The van der Waals surface area contributed by atoms with Crippen LogP contribution in [0, 0.1) is 0 Å². The van der Waals surface area contributed by atoms with Gasteiger partial charge in [0.25, 0.3) is 0 Å². The molecule has 0 fully saturated rings. The van der Waals surface area contributed by atoms with Crippen LogP contribution in [0.3, 0.4) is 0 Å². The molecule has 0 spiro atoms. The summed E-state index contributed by atoms with van der Waals surface area (Å²) in [7, 11) is 0. The Morgan fingerprint density at radius 1 is 0.759 bits per heavy atom. The number of hydrogen-bond acceptors (Lipinski definition) is 6. The molecule has 6 nitrogen and oxygen atoms in total. The van der Waals surface area contributed by atoms with Crippen LogP contribution in [0.25, 0.3) is 21.7 Å². The van der Waals surface area contributed by atoms with Gasteiger partial charge in [0.2, 0.25) is 5.88 Å². The van der Waals surface area contributed by atoms with Crippen molar-refractivity contribution in [3.8, 4) is 11.6 Å². The Hall–Kier alpha value is -4.19. The molecule has 0 saturated carbocycles. The molecule has 2 heterocycles. The molecule has 0 atom stereocenters. The number of hydrogen-bond donors (Lipinski definition) is 2. The number of fused-ring (bicyclic) bond motifs is 2. The summed E-state index contributed by atoms with van der Waals surface area (Å²) >= 11 is 0. The number of nitrogens with zero attached hydrogens (tertiary/aromatic N) is 3. The molecular weight excluding hydrogens is 362 g/mol. The highest BCUT2D eigenvalue weighted by Crippen LogP contribution is 2.34. The van der Waals surface area contributed by atoms with Crippen LogP contribution in [-0.2, 0) is 0 Å². The fourth-order valence-electron chi connectivity index (χ4n) is 3.29. The molecule has 5 aromatic rings. The van der Waals surface area contributed by atoms with Crippen LogP contribution in [0.2, 0.25) is 0 Å². The summed E-state index contributed by atoms with van der Waals surface area (Å²) in [5.41, 5.74) is 8.32. The SMILES string of the molecule is Nc1c(Nc2cccc3ccccc23)ncnc1Oc1cccc2cccnc12. The Balaban J connectivity index is 1.52. The maximum Gasteiger partial charge on any atom is 0.248 e. The number of pyridine rings is 1. The monoisotopic (exact) mass is 379 g/mol. The third-order valence-electron chi connectivity index (χ3n) is 4.69. The number of nitrogens with one attached hydrogen (secondary N) is 1. The van der Waals surface area contributed by atoms with E-state index in [4.69, 9.17) is 10.5 Å². The van der Waals surface area contributed by atoms with E-state index >= 15 is 0 Å². The number of rotatable bonds is 4. The van der Waals surface area contributed by atoms with Crippen LogP contribution in [-0.4, -0.2) is 15.0 Å². The lowest BCUT2D eigenvalue weighted by Gasteiger charge is -2.13. The van der Waals surface area contributed by atoms with Gasteiger partial charge < -0.3 is 15.8 Å². The number of para-hydroxylation sites is 1. The predicted octanol–water partition coefficient (Wildman–Crippen LogP) is 5.30. The molecule has 0 amide bonds. The van der Waals surface area contributed by atoms with Gasteiger partial charge in [0.15, 0.2) is 11.6 Å². The molecule has 5 rings (SSSR count). The van der Waals surface area contributed by atoms with Crippen molar-refractivity contribution in [2.24, 2.45) is 0 Å². The highest BCUT2D eigenvalue weighted by molar-refractivity contribution is 5.96. The van der Waals surface area contributed by atoms with Crippen molar-refractivity contribution in [3.05, 3.63) is 85.3 Å². The largest absolute Gasteiger partial charge is 0.435 e. The molecule has 0 bridgehead atoms. The number of nitrogen functional groups attached to an aromatic ring is 1. The van der Waals surface area contributed by atoms with Crippen LogP contribution in [0.5, 0.6) is 11.6 Å². The lowest BCUT2D eigenvalue weighted by Crippen LogP contribution is -2.03. The van der Waals surface area contributed by atoms with Crippen LogP contribution in [0.4, 0.5) is 17.2 Å². The van der Waals surface area contributed by atoms with Crippen LogP contribution >= 0.6 is 0 Å². The molecule has 29 heavy (non-hydrogen) atoms. The summed E-state index contributed by atoms with van der Waals surface area (Å²) in [6.07, 6.45) is 3.16. The molecule has 2 aromatic heterocycles. The molecule has 0 radical (unpaired) electrons. The average Bonchev–Trinajstić information content (AvgIpc) is 2.77. The number of nitrogens with two attached hydrogens (primary N) is 1. The molecule has 6 heteroatoms. The third-order valence-corrected chi connectivity index (χ3v) is 4.69. The Morgan fingerprint density at radius 3 is 2.52 bits per heavy atom. The molecule has 0 saturated heterocycles. The van der Waals surface area contributed by atoms with Gasteiger partial charge in [0.1, 0.15) is 17.5 Å². The fourth-order valence-corrected chi connectivity index (χ4v) is 3.29. The maximum absolute atomic E-state index is 6.33. The van der Waals surface area contributed by atoms with Crippen LogP contribution in [0.15, 0.2) is 85.3 Å². The molecule has 0 aliphatic rings. The summed E-state index contributed by atoms with van der Waals surface area (Å²) in [6.45, 7) is 0. The van der Waals surface area contributed by atoms with Gasteiger partial charge in [0, 0.05) is 22.7 Å². The number of benzene rings is 3. The summed E-state index contributed by atoms with van der Waals surface area (Å²) in [5.74, 6) is 1.35. The van der Waals surface area contributed by atoms with Crippen molar-refractivity contribution in [3.63, 3.8) is 0 Å². The first-order valence-corrected chi connectivity index (χ1v) is 9.16. The Kier molecular flexibility index (Phi) is 4.14. The van der Waals surface area contributed by atoms with Gasteiger partial charge in [0.05, 0.1) is 0 Å². The average molecular weight is 379 g/mol. The Morgan fingerprint density at radius 2 is 1.55 bits per heavy atom. The van der Waals surface area contributed by atoms with Crippen molar-refractivity contribution in [2.75, 3.05) is 11.1 Å². The van der Waals surface area contributed by atoms with E-state index in [9.17, 15) is 0 Å². The van der Waals surface area contributed by atoms with E-state index in [1.54, 1.807) is 6.20 Å². The second-order valence-electron chi connectivity index (χ2n) is 6.53. The highest BCUT2D eigenvalue weighted by Gasteiger charge is 2.13. The zero-order chi connectivity index (χ0) is 19.6. The summed E-state index contributed by atoms with van der Waals surface area (Å²) in [4.78, 5) is 12.9. The van der Waals surface area contributed by atoms with E-state index in [1.165, 1.54) is 6.33 Å². The normalized spacial score (nSPS) is 10.9. The van der Waals surface area contributed by atoms with Gasteiger partial charge in [-0.2, -0.15) is 4.98 Å². The standard InChI is InChI=1S/C23H17N5O/c24-20-22(28-18-11-3-7-15-6-1-2-10-17(15)18)26-14-27-23(20)29-19-12-4-8-16-9-5-13-25-21(16)19/h1-14H,24H2,(H,26,27,28). The second kappa shape index (κ2) is 7.09. The van der Waals surface area contributed by atoms with E-state index < -0.39 is 0 Å². The van der Waals surface area contributed by atoms with Crippen LogP contribution in [0.1, 0.15) is 0 Å². The molecule has 3 N–H and O–H groups in total. The van der Waals surface area contributed by atoms with Gasteiger partial charge in [-0.3, -0.25) is 4.98 Å². The van der Waals surface area contributed by atoms with Crippen molar-refractivity contribution in [1.29, 1.82) is 0 Å². The minimum absolute atomic E-state index is 0.279. The number of ether oxygens (including phenoxy) is 1. The summed E-state index contributed by atoms with van der Waals surface area (Å²) in [5, 5.41) is 6.49. The minimum Gasteiger partial charge on any atom is -0.435 e. The van der Waals surface area contributed by atoms with Gasteiger partial charge in [-0.1, -0.05) is 54.6 Å². The van der Waals surface area contributed by atoms with Gasteiger partial charge >= 0.3 is 0 Å². The minimum atomic E-state index is 0.279. The van der Waals surface area contributed by atoms with E-state index in [0.717, 1.165) is 27.4 Å². The van der Waals surface area contributed by atoms with Gasteiger partial charge in [-0.05, 0) is 23.6 Å². The first kappa shape index (κ1) is 16.9. The third kappa shape index (κ3) is 3.17. The van der Waals surface area contributed by atoms with Crippen molar-refractivity contribution in [1.82, 2.24) is 15.0 Å². The maximum atomic E-state index is 6.33. The smallest absolute Gasteiger partial charge is 0.248 e. The Labute approximate surface area is 167 Å². The molecule has 140 valence electrons. The van der Waals surface area contributed by atoms with Crippen molar-refractivity contribution >= 4 is 38.9 Å². The summed E-state index contributed by atoms with van der Waals surface area (Å²) < 4.78 is 6.01. The topological polar surface area (TPSA) is 86.0 Å². The van der Waals surface area contributed by atoms with Crippen molar-refractivity contribution < 1.29 is 4.74 Å². The first-order chi connectivity index (χ1) is 14.3. The van der Waals surface area contributed by atoms with Gasteiger partial charge in [-0.25, -0.2) is 4.98 Å². The fraction of sp³-hybridized carbons (Fsp3) is 0. The molecule has 0 aliphatic carbocycles. The zero-order valence-electron chi connectivity index (χ0n) is 15.4. The van der Waals surface area contributed by atoms with Gasteiger partial charge in [-0.15, -0.1) is 0 Å². The van der Waals surface area contributed by atoms with Crippen molar-refractivity contribution in [2.45, 2.75) is 0 Å². The second-order valence-corrected chi connectivity index (χ2v) is 6.53. The summed E-state index contributed by atoms with van der Waals surface area (Å²) in [6, 6.07) is 23.7. The van der Waals surface area contributed by atoms with E-state index in [2.05, 4.69) is 32.4 Å². The number of aromatic nitrogens is 3. The molecule has 0 aliphatic heterocycles. The molecular formula is C23H17N5O. The Bertz CT molecular complexity index is 1230. The van der Waals surface area contributed by atoms with E-state index in [1.807, 2.05) is 60.7 Å². The highest BCUT2D eigenvalue weighted by atomic mass is 16.5. The molecule has 0 unspecified atom stereocenters. The zero-order valence-corrected chi connectivity index (χ0v) is 15.4. The van der Waals surface area contributed by atoms with E-state index in [0.29, 0.717) is 17.3 Å². The lowest BCUT2D eigenvalue weighted by molar-refractivity contribution is 0.469.